The van der Waals surface area contributed by atoms with Crippen molar-refractivity contribution >= 4 is 41.7 Å². The molecule has 1 fully saturated rings. The smallest absolute Gasteiger partial charge is 0.247 e. The van der Waals surface area contributed by atoms with E-state index in [0.717, 1.165) is 29.5 Å². The van der Waals surface area contributed by atoms with Crippen LogP contribution in [0, 0.1) is 0 Å². The Morgan fingerprint density at radius 2 is 1.27 bits per heavy atom. The molecule has 0 heterocycles. The number of ether oxygens (including phenoxy) is 8. The topological polar surface area (TPSA) is 232 Å². The van der Waals surface area contributed by atoms with Gasteiger partial charge in [0.15, 0.2) is 0 Å². The van der Waals surface area contributed by atoms with Crippen LogP contribution in [-0.4, -0.2) is 146 Å². The molecule has 0 saturated heterocycles. The minimum Gasteiger partial charge on any atom is -0.497 e. The van der Waals surface area contributed by atoms with Crippen LogP contribution in [0.3, 0.4) is 0 Å². The largest absolute Gasteiger partial charge is 0.497 e. The van der Waals surface area contributed by atoms with Gasteiger partial charge in [-0.1, -0.05) is 54.6 Å². The molecule has 1 unspecified atom stereocenters. The lowest BCUT2D eigenvalue weighted by atomic mass is 10.0. The van der Waals surface area contributed by atoms with Crippen LogP contribution >= 0.6 is 0 Å². The molecule has 5 N–H and O–H groups in total. The molecule has 0 bridgehead atoms. The van der Waals surface area contributed by atoms with E-state index < -0.39 is 6.04 Å². The van der Waals surface area contributed by atoms with Crippen molar-refractivity contribution in [3.8, 4) is 17.2 Å². The highest BCUT2D eigenvalue weighted by molar-refractivity contribution is 6.30. The van der Waals surface area contributed by atoms with E-state index in [0.29, 0.717) is 160 Å². The molecule has 0 aliphatic heterocycles. The third kappa shape index (κ3) is 23.3. The third-order valence-electron chi connectivity index (χ3n) is 11.4. The average Bonchev–Trinajstić information content (AvgIpc) is 4.28. The van der Waals surface area contributed by atoms with Crippen LogP contribution in [0.2, 0.25) is 0 Å². The molecule has 4 aromatic carbocycles. The summed E-state index contributed by atoms with van der Waals surface area (Å²) in [6.45, 7) is 6.12. The van der Waals surface area contributed by atoms with E-state index in [-0.39, 0.29) is 30.2 Å². The standard InChI is InChI=1S/C55H73N7O12/c1-67-49-20-12-45(13-21-49)54(55(66)59-40-44-6-3-2-4-7-44)62(48-16-17-48)53(65)24-11-43-9-18-50(19-10-43)73-28-5-8-52(64)58-27-31-70-33-35-72-37-36-71-34-32-68-29-25-47(61-56)41-57-26-30-69-38-39-74-51-22-14-46(15-23-51)60-42-63/h2-4,6-7,9-10,12-15,18-23,41-42,48,54H,5,8,11,16-17,24-40,56H2,1H3,(H,58,64)(H,59,66)(H,60,63)/b57-41?,61-47-. The lowest BCUT2D eigenvalue weighted by Crippen LogP contribution is -2.45. The number of aliphatic imine (C=N–C) groups is 1. The van der Waals surface area contributed by atoms with Gasteiger partial charge in [-0.25, -0.2) is 0 Å². The molecule has 0 aromatic heterocycles. The number of benzene rings is 4. The van der Waals surface area contributed by atoms with Crippen molar-refractivity contribution in [3.63, 3.8) is 0 Å². The van der Waals surface area contributed by atoms with E-state index in [1.54, 1.807) is 42.5 Å². The number of anilines is 1. The summed E-state index contributed by atoms with van der Waals surface area (Å²) in [7, 11) is 1.60. The van der Waals surface area contributed by atoms with Crippen LogP contribution in [0.15, 0.2) is 113 Å². The Balaban J connectivity index is 0.817. The first-order chi connectivity index (χ1) is 36.4. The summed E-state index contributed by atoms with van der Waals surface area (Å²) >= 11 is 0. The Morgan fingerprint density at radius 3 is 1.92 bits per heavy atom. The number of nitrogens with zero attached hydrogens (tertiary/aromatic N) is 3. The fourth-order valence-electron chi connectivity index (χ4n) is 7.35. The summed E-state index contributed by atoms with van der Waals surface area (Å²) in [4.78, 5) is 56.6. The molecule has 74 heavy (non-hydrogen) atoms. The molecule has 1 aliphatic carbocycles. The Labute approximate surface area is 434 Å². The summed E-state index contributed by atoms with van der Waals surface area (Å²) in [5.74, 6) is 7.17. The number of hydrazone groups is 1. The zero-order valence-corrected chi connectivity index (χ0v) is 42.5. The van der Waals surface area contributed by atoms with E-state index in [4.69, 9.17) is 43.7 Å². The number of methoxy groups -OCH3 is 1. The number of carbonyl (C=O) groups excluding carboxylic acids is 4. The van der Waals surface area contributed by atoms with Gasteiger partial charge in [-0.2, -0.15) is 5.10 Å². The monoisotopic (exact) mass is 1020 g/mol. The predicted octanol–water partition coefficient (Wildman–Crippen LogP) is 5.46. The Morgan fingerprint density at radius 1 is 0.662 bits per heavy atom. The SMILES string of the molecule is COc1ccc(C(C(=O)NCc2ccccc2)N(C(=O)CCc2ccc(OCCCC(=O)NCCOCCOCCOCCOCC/C(C=NCCOCCOc3ccc(NC=O)cc3)=N/N)cc2)C2CC2)cc1. The molecule has 0 radical (unpaired) electrons. The molecule has 1 atom stereocenters. The van der Waals surface area contributed by atoms with Gasteiger partial charge in [0, 0.05) is 50.3 Å². The predicted molar refractivity (Wildman–Crippen MR) is 282 cm³/mol. The molecule has 1 aliphatic rings. The fraction of sp³-hybridized carbons (Fsp3) is 0.455. The van der Waals surface area contributed by atoms with Gasteiger partial charge >= 0.3 is 0 Å². The van der Waals surface area contributed by atoms with Gasteiger partial charge in [0.1, 0.15) is 29.9 Å². The molecule has 1 saturated carbocycles. The van der Waals surface area contributed by atoms with Crippen LogP contribution in [0.25, 0.3) is 0 Å². The van der Waals surface area contributed by atoms with Crippen molar-refractivity contribution in [2.75, 3.05) is 105 Å². The van der Waals surface area contributed by atoms with E-state index >= 15 is 0 Å². The number of aryl methyl sites for hydroxylation is 1. The van der Waals surface area contributed by atoms with Crippen LogP contribution in [0.4, 0.5) is 5.69 Å². The first-order valence-corrected chi connectivity index (χ1v) is 25.2. The first-order valence-electron chi connectivity index (χ1n) is 25.2. The second kappa shape index (κ2) is 35.3. The number of amides is 4. The molecular formula is C55H73N7O12. The number of carbonyl (C=O) groups is 4. The highest BCUT2D eigenvalue weighted by Crippen LogP contribution is 2.36. The van der Waals surface area contributed by atoms with Crippen molar-refractivity contribution in [1.82, 2.24) is 15.5 Å². The maximum atomic E-state index is 13.9. The van der Waals surface area contributed by atoms with E-state index in [1.807, 2.05) is 78.9 Å². The van der Waals surface area contributed by atoms with Gasteiger partial charge in [-0.05, 0) is 90.9 Å². The molecule has 19 nitrogen and oxygen atoms in total. The molecule has 4 amide bonds. The van der Waals surface area contributed by atoms with Crippen molar-refractivity contribution in [2.24, 2.45) is 15.9 Å². The zero-order valence-electron chi connectivity index (χ0n) is 42.5. The molecule has 5 rings (SSSR count). The van der Waals surface area contributed by atoms with Crippen molar-refractivity contribution in [1.29, 1.82) is 0 Å². The summed E-state index contributed by atoms with van der Waals surface area (Å²) in [6, 6.07) is 31.0. The minimum absolute atomic E-state index is 0.00804. The third-order valence-corrected chi connectivity index (χ3v) is 11.4. The highest BCUT2D eigenvalue weighted by Gasteiger charge is 2.41. The minimum atomic E-state index is -0.763. The Hall–Kier alpha value is -6.90. The summed E-state index contributed by atoms with van der Waals surface area (Å²) in [5.41, 5.74) is 4.01. The highest BCUT2D eigenvalue weighted by atomic mass is 16.6. The Bertz CT molecular complexity index is 2270. The van der Waals surface area contributed by atoms with Gasteiger partial charge in [-0.3, -0.25) is 24.2 Å². The summed E-state index contributed by atoms with van der Waals surface area (Å²) in [5, 5.41) is 12.3. The quantitative estimate of drug-likeness (QED) is 0.0143. The fourth-order valence-corrected chi connectivity index (χ4v) is 7.35. The summed E-state index contributed by atoms with van der Waals surface area (Å²) < 4.78 is 44.6. The van der Waals surface area contributed by atoms with Crippen LogP contribution in [0.1, 0.15) is 61.3 Å². The van der Waals surface area contributed by atoms with Crippen molar-refractivity contribution < 1.29 is 57.1 Å². The number of nitrogens with one attached hydrogen (secondary N) is 3. The Kier molecular flexibility index (Phi) is 27.7. The second-order valence-electron chi connectivity index (χ2n) is 17.0. The van der Waals surface area contributed by atoms with E-state index in [9.17, 15) is 19.2 Å². The normalized spacial score (nSPS) is 12.7. The van der Waals surface area contributed by atoms with E-state index in [1.165, 1.54) is 0 Å². The number of hydrogen-bond acceptors (Lipinski definition) is 15. The van der Waals surface area contributed by atoms with Crippen LogP contribution < -0.4 is 36.0 Å². The number of nitrogens with two attached hydrogens (primary N) is 1. The molecule has 4 aromatic rings. The second-order valence-corrected chi connectivity index (χ2v) is 17.0. The first kappa shape index (κ1) is 58.0. The lowest BCUT2D eigenvalue weighted by molar-refractivity contribution is -0.141. The molecular weight excluding hydrogens is 951 g/mol. The van der Waals surface area contributed by atoms with Crippen molar-refractivity contribution in [3.05, 3.63) is 120 Å². The molecule has 0 spiro atoms. The number of hydrogen-bond donors (Lipinski definition) is 4. The number of rotatable bonds is 40. The van der Waals surface area contributed by atoms with Crippen molar-refractivity contribution in [2.45, 2.75) is 63.6 Å². The zero-order chi connectivity index (χ0) is 52.3. The lowest BCUT2D eigenvalue weighted by Gasteiger charge is -2.32. The summed E-state index contributed by atoms with van der Waals surface area (Å²) in [6.07, 6.45) is 6.11. The van der Waals surface area contributed by atoms with Gasteiger partial charge in [-0.15, -0.1) is 0 Å². The van der Waals surface area contributed by atoms with Gasteiger partial charge < -0.3 is 64.6 Å². The van der Waals surface area contributed by atoms with Gasteiger partial charge in [0.25, 0.3) is 0 Å². The van der Waals surface area contributed by atoms with E-state index in [2.05, 4.69) is 26.0 Å². The molecule has 19 heteroatoms. The maximum Gasteiger partial charge on any atom is 0.247 e. The molecule has 400 valence electrons. The van der Waals surface area contributed by atoms with Crippen LogP contribution in [0.5, 0.6) is 17.2 Å². The van der Waals surface area contributed by atoms with Gasteiger partial charge in [0.05, 0.1) is 92.0 Å². The van der Waals surface area contributed by atoms with Crippen LogP contribution in [-0.2, 0) is 55.8 Å². The maximum absolute atomic E-state index is 13.9. The average molecular weight is 1020 g/mol. The van der Waals surface area contributed by atoms with Gasteiger partial charge in [0.2, 0.25) is 24.1 Å².